The van der Waals surface area contributed by atoms with E-state index in [9.17, 15) is 4.79 Å². The van der Waals surface area contributed by atoms with E-state index in [2.05, 4.69) is 0 Å². The molecule has 0 bridgehead atoms. The summed E-state index contributed by atoms with van der Waals surface area (Å²) in [5, 5.41) is 9.52. The van der Waals surface area contributed by atoms with Gasteiger partial charge in [-0.1, -0.05) is 29.3 Å². The lowest BCUT2D eigenvalue weighted by Gasteiger charge is -2.13. The number of ether oxygens (including phenoxy) is 1. The number of benzene rings is 2. The standard InChI is InChI=1S/C17H17ClO3/c1-10-4-5-15(13(6-10)9-17(19)20)21-16-8-12(3)11(2)7-14(16)18/h4-8H,9H2,1-3H3,(H,19,20). The van der Waals surface area contributed by atoms with Gasteiger partial charge in [-0.3, -0.25) is 4.79 Å². The van der Waals surface area contributed by atoms with E-state index < -0.39 is 5.97 Å². The second kappa shape index (κ2) is 6.19. The van der Waals surface area contributed by atoms with Crippen LogP contribution in [-0.4, -0.2) is 11.1 Å². The monoisotopic (exact) mass is 304 g/mol. The number of carbonyl (C=O) groups is 1. The first-order chi connectivity index (χ1) is 9.86. The zero-order chi connectivity index (χ0) is 15.6. The summed E-state index contributed by atoms with van der Waals surface area (Å²) in [6.45, 7) is 5.87. The van der Waals surface area contributed by atoms with Crippen LogP contribution in [0.5, 0.6) is 11.5 Å². The van der Waals surface area contributed by atoms with Gasteiger partial charge in [-0.15, -0.1) is 0 Å². The highest BCUT2D eigenvalue weighted by molar-refractivity contribution is 6.32. The summed E-state index contributed by atoms with van der Waals surface area (Å²) < 4.78 is 5.84. The fourth-order valence-corrected chi connectivity index (χ4v) is 2.32. The number of rotatable bonds is 4. The summed E-state index contributed by atoms with van der Waals surface area (Å²) in [5.41, 5.74) is 3.78. The Hall–Kier alpha value is -2.00. The number of carboxylic acids is 1. The fourth-order valence-electron chi connectivity index (χ4n) is 2.06. The Morgan fingerprint density at radius 1 is 1.10 bits per heavy atom. The first-order valence-electron chi connectivity index (χ1n) is 6.62. The van der Waals surface area contributed by atoms with Gasteiger partial charge in [0.25, 0.3) is 0 Å². The number of hydrogen-bond donors (Lipinski definition) is 1. The number of hydrogen-bond acceptors (Lipinski definition) is 2. The van der Waals surface area contributed by atoms with Crippen LogP contribution in [0.2, 0.25) is 5.02 Å². The molecule has 21 heavy (non-hydrogen) atoms. The second-order valence-corrected chi connectivity index (χ2v) is 5.56. The number of aryl methyl sites for hydroxylation is 3. The molecular formula is C17H17ClO3. The van der Waals surface area contributed by atoms with Crippen molar-refractivity contribution in [3.05, 3.63) is 57.6 Å². The van der Waals surface area contributed by atoms with Crippen molar-refractivity contribution in [1.29, 1.82) is 0 Å². The van der Waals surface area contributed by atoms with Crippen LogP contribution in [-0.2, 0) is 11.2 Å². The molecule has 0 saturated carbocycles. The molecule has 0 unspecified atom stereocenters. The molecule has 2 rings (SSSR count). The Balaban J connectivity index is 2.39. The molecule has 0 amide bonds. The van der Waals surface area contributed by atoms with Gasteiger partial charge in [-0.05, 0) is 50.1 Å². The highest BCUT2D eigenvalue weighted by atomic mass is 35.5. The number of carboxylic acid groups (broad SMARTS) is 1. The SMILES string of the molecule is Cc1ccc(Oc2cc(C)c(C)cc2Cl)c(CC(=O)O)c1. The second-order valence-electron chi connectivity index (χ2n) is 5.15. The van der Waals surface area contributed by atoms with Crippen molar-refractivity contribution in [1.82, 2.24) is 0 Å². The lowest BCUT2D eigenvalue weighted by Crippen LogP contribution is -2.02. The maximum absolute atomic E-state index is 11.0. The molecule has 0 aliphatic carbocycles. The molecule has 2 aromatic carbocycles. The van der Waals surface area contributed by atoms with Crippen molar-refractivity contribution < 1.29 is 14.6 Å². The molecule has 0 heterocycles. The molecule has 0 saturated heterocycles. The third kappa shape index (κ3) is 3.76. The van der Waals surface area contributed by atoms with Gasteiger partial charge >= 0.3 is 5.97 Å². The maximum Gasteiger partial charge on any atom is 0.307 e. The molecule has 110 valence electrons. The topological polar surface area (TPSA) is 46.5 Å². The quantitative estimate of drug-likeness (QED) is 0.891. The molecule has 4 heteroatoms. The van der Waals surface area contributed by atoms with Crippen LogP contribution in [0.3, 0.4) is 0 Å². The van der Waals surface area contributed by atoms with Gasteiger partial charge in [0, 0.05) is 5.56 Å². The third-order valence-corrected chi connectivity index (χ3v) is 3.62. The summed E-state index contributed by atoms with van der Waals surface area (Å²) >= 11 is 6.20. The smallest absolute Gasteiger partial charge is 0.307 e. The molecule has 0 aromatic heterocycles. The molecule has 0 radical (unpaired) electrons. The van der Waals surface area contributed by atoms with Crippen LogP contribution in [0.4, 0.5) is 0 Å². The predicted octanol–water partition coefficient (Wildman–Crippen LogP) is 4.68. The van der Waals surface area contributed by atoms with E-state index in [1.165, 1.54) is 0 Å². The van der Waals surface area contributed by atoms with Crippen LogP contribution in [0.1, 0.15) is 22.3 Å². The minimum absolute atomic E-state index is 0.0839. The van der Waals surface area contributed by atoms with E-state index in [1.54, 1.807) is 6.07 Å². The zero-order valence-corrected chi connectivity index (χ0v) is 13.0. The average molecular weight is 305 g/mol. The first-order valence-corrected chi connectivity index (χ1v) is 7.00. The highest BCUT2D eigenvalue weighted by Gasteiger charge is 2.12. The van der Waals surface area contributed by atoms with Gasteiger partial charge in [-0.25, -0.2) is 0 Å². The lowest BCUT2D eigenvalue weighted by molar-refractivity contribution is -0.136. The molecule has 3 nitrogen and oxygen atoms in total. The van der Waals surface area contributed by atoms with Crippen molar-refractivity contribution >= 4 is 17.6 Å². The van der Waals surface area contributed by atoms with Crippen LogP contribution in [0.15, 0.2) is 30.3 Å². The summed E-state index contributed by atoms with van der Waals surface area (Å²) in [6.07, 6.45) is -0.0839. The van der Waals surface area contributed by atoms with Crippen LogP contribution < -0.4 is 4.74 Å². The summed E-state index contributed by atoms with van der Waals surface area (Å²) in [5.74, 6) is 0.167. The van der Waals surface area contributed by atoms with Crippen LogP contribution in [0, 0.1) is 20.8 Å². The summed E-state index contributed by atoms with van der Waals surface area (Å²) in [4.78, 5) is 11.0. The molecule has 2 aromatic rings. The van der Waals surface area contributed by atoms with E-state index in [0.717, 1.165) is 16.7 Å². The van der Waals surface area contributed by atoms with Crippen molar-refractivity contribution in [2.24, 2.45) is 0 Å². The molecule has 0 atom stereocenters. The van der Waals surface area contributed by atoms with Gasteiger partial charge in [-0.2, -0.15) is 0 Å². The molecule has 1 N–H and O–H groups in total. The van der Waals surface area contributed by atoms with E-state index in [-0.39, 0.29) is 6.42 Å². The zero-order valence-electron chi connectivity index (χ0n) is 12.2. The maximum atomic E-state index is 11.0. The first kappa shape index (κ1) is 15.4. The summed E-state index contributed by atoms with van der Waals surface area (Å²) in [6, 6.07) is 9.19. The molecule has 0 fully saturated rings. The van der Waals surface area contributed by atoms with E-state index in [1.807, 2.05) is 45.0 Å². The van der Waals surface area contributed by atoms with Crippen LogP contribution in [0.25, 0.3) is 0 Å². The van der Waals surface area contributed by atoms with Gasteiger partial charge < -0.3 is 9.84 Å². The Bertz CT molecular complexity index is 693. The summed E-state index contributed by atoms with van der Waals surface area (Å²) in [7, 11) is 0. The molecule has 0 aliphatic heterocycles. The minimum Gasteiger partial charge on any atom is -0.481 e. The average Bonchev–Trinajstić information content (AvgIpc) is 2.38. The van der Waals surface area contributed by atoms with Crippen molar-refractivity contribution in [3.8, 4) is 11.5 Å². The van der Waals surface area contributed by atoms with Crippen LogP contribution >= 0.6 is 11.6 Å². The van der Waals surface area contributed by atoms with Gasteiger partial charge in [0.1, 0.15) is 11.5 Å². The molecule has 0 aliphatic rings. The van der Waals surface area contributed by atoms with E-state index >= 15 is 0 Å². The van der Waals surface area contributed by atoms with Gasteiger partial charge in [0.2, 0.25) is 0 Å². The Labute approximate surface area is 129 Å². The Kier molecular flexibility index (Phi) is 4.53. The normalized spacial score (nSPS) is 10.5. The molecular weight excluding hydrogens is 288 g/mol. The van der Waals surface area contributed by atoms with Gasteiger partial charge in [0.05, 0.1) is 11.4 Å². The van der Waals surface area contributed by atoms with E-state index in [0.29, 0.717) is 22.1 Å². The van der Waals surface area contributed by atoms with Gasteiger partial charge in [0.15, 0.2) is 0 Å². The highest BCUT2D eigenvalue weighted by Crippen LogP contribution is 2.33. The van der Waals surface area contributed by atoms with Crippen molar-refractivity contribution in [3.63, 3.8) is 0 Å². The fraction of sp³-hybridized carbons (Fsp3) is 0.235. The lowest BCUT2D eigenvalue weighted by atomic mass is 10.1. The molecule has 0 spiro atoms. The van der Waals surface area contributed by atoms with E-state index in [4.69, 9.17) is 21.4 Å². The number of halogens is 1. The van der Waals surface area contributed by atoms with Crippen molar-refractivity contribution in [2.45, 2.75) is 27.2 Å². The third-order valence-electron chi connectivity index (χ3n) is 3.33. The number of aliphatic carboxylic acids is 1. The minimum atomic E-state index is -0.892. The predicted molar refractivity (Wildman–Crippen MR) is 83.5 cm³/mol. The Morgan fingerprint density at radius 3 is 2.43 bits per heavy atom. The van der Waals surface area contributed by atoms with Crippen molar-refractivity contribution in [2.75, 3.05) is 0 Å². The largest absolute Gasteiger partial charge is 0.481 e. The Morgan fingerprint density at radius 2 is 1.76 bits per heavy atom.